The standard InChI is InChI=1S/C17H17N3/c1-12(2)20-17-18-10-16(11-19-17)15-8-7-13-5-3-4-6-14(13)9-15/h3-12H,1-2H3,(H,18,19,20). The lowest BCUT2D eigenvalue weighted by atomic mass is 10.0. The molecule has 0 unspecified atom stereocenters. The van der Waals surface area contributed by atoms with Gasteiger partial charge in [0, 0.05) is 24.0 Å². The summed E-state index contributed by atoms with van der Waals surface area (Å²) in [4.78, 5) is 8.71. The van der Waals surface area contributed by atoms with E-state index in [4.69, 9.17) is 0 Å². The van der Waals surface area contributed by atoms with Crippen LogP contribution in [0.4, 0.5) is 5.95 Å². The predicted octanol–water partition coefficient (Wildman–Crippen LogP) is 4.12. The molecule has 0 saturated carbocycles. The van der Waals surface area contributed by atoms with Crippen LogP contribution in [0.15, 0.2) is 54.9 Å². The molecular weight excluding hydrogens is 246 g/mol. The van der Waals surface area contributed by atoms with Gasteiger partial charge in [0.1, 0.15) is 0 Å². The molecule has 3 rings (SSSR count). The third-order valence-corrected chi connectivity index (χ3v) is 3.15. The predicted molar refractivity (Wildman–Crippen MR) is 83.7 cm³/mol. The summed E-state index contributed by atoms with van der Waals surface area (Å²) in [5, 5.41) is 5.67. The van der Waals surface area contributed by atoms with Crippen LogP contribution in [0.5, 0.6) is 0 Å². The Balaban J connectivity index is 1.94. The molecule has 1 heterocycles. The SMILES string of the molecule is CC(C)Nc1ncc(-c2ccc3ccccc3c2)cn1. The lowest BCUT2D eigenvalue weighted by molar-refractivity contribution is 0.874. The minimum atomic E-state index is 0.335. The average molecular weight is 263 g/mol. The topological polar surface area (TPSA) is 37.8 Å². The summed E-state index contributed by atoms with van der Waals surface area (Å²) >= 11 is 0. The lowest BCUT2D eigenvalue weighted by Gasteiger charge is -2.08. The van der Waals surface area contributed by atoms with Crippen LogP contribution in [-0.2, 0) is 0 Å². The fraction of sp³-hybridized carbons (Fsp3) is 0.176. The molecule has 0 aliphatic carbocycles. The third kappa shape index (κ3) is 2.62. The summed E-state index contributed by atoms with van der Waals surface area (Å²) in [7, 11) is 0. The summed E-state index contributed by atoms with van der Waals surface area (Å²) in [5.74, 6) is 0.671. The van der Waals surface area contributed by atoms with Crippen LogP contribution >= 0.6 is 0 Å². The van der Waals surface area contributed by atoms with E-state index in [9.17, 15) is 0 Å². The van der Waals surface area contributed by atoms with Crippen molar-refractivity contribution in [1.82, 2.24) is 9.97 Å². The van der Waals surface area contributed by atoms with Gasteiger partial charge in [-0.15, -0.1) is 0 Å². The van der Waals surface area contributed by atoms with Crippen molar-refractivity contribution in [2.45, 2.75) is 19.9 Å². The molecule has 0 aliphatic rings. The molecule has 20 heavy (non-hydrogen) atoms. The lowest BCUT2D eigenvalue weighted by Crippen LogP contribution is -2.12. The summed E-state index contributed by atoms with van der Waals surface area (Å²) < 4.78 is 0. The molecular formula is C17H17N3. The second-order valence-electron chi connectivity index (χ2n) is 5.16. The van der Waals surface area contributed by atoms with Crippen molar-refractivity contribution in [3.8, 4) is 11.1 Å². The molecule has 1 aromatic heterocycles. The van der Waals surface area contributed by atoms with Crippen molar-refractivity contribution in [2.24, 2.45) is 0 Å². The number of nitrogens with one attached hydrogen (secondary N) is 1. The Morgan fingerprint density at radius 1 is 0.850 bits per heavy atom. The summed E-state index contributed by atoms with van der Waals surface area (Å²) in [5.41, 5.74) is 2.17. The van der Waals surface area contributed by atoms with E-state index in [0.29, 0.717) is 12.0 Å². The summed E-state index contributed by atoms with van der Waals surface area (Å²) in [6.07, 6.45) is 3.73. The van der Waals surface area contributed by atoms with Crippen molar-refractivity contribution in [3.05, 3.63) is 54.9 Å². The Morgan fingerprint density at radius 2 is 1.55 bits per heavy atom. The molecule has 3 aromatic rings. The van der Waals surface area contributed by atoms with Gasteiger partial charge in [0.25, 0.3) is 0 Å². The molecule has 2 aromatic carbocycles. The molecule has 3 nitrogen and oxygen atoms in total. The van der Waals surface area contributed by atoms with Crippen LogP contribution in [-0.4, -0.2) is 16.0 Å². The Bertz CT molecular complexity index is 718. The fourth-order valence-corrected chi connectivity index (χ4v) is 2.18. The fourth-order valence-electron chi connectivity index (χ4n) is 2.18. The molecule has 0 amide bonds. The van der Waals surface area contributed by atoms with Crippen molar-refractivity contribution in [3.63, 3.8) is 0 Å². The number of benzene rings is 2. The number of rotatable bonds is 3. The summed E-state index contributed by atoms with van der Waals surface area (Å²) in [6, 6.07) is 15.1. The maximum Gasteiger partial charge on any atom is 0.222 e. The largest absolute Gasteiger partial charge is 0.352 e. The Morgan fingerprint density at radius 3 is 2.25 bits per heavy atom. The molecule has 100 valence electrons. The van der Waals surface area contributed by atoms with Crippen LogP contribution in [0, 0.1) is 0 Å². The smallest absolute Gasteiger partial charge is 0.222 e. The normalized spacial score (nSPS) is 10.9. The zero-order valence-electron chi connectivity index (χ0n) is 11.7. The highest BCUT2D eigenvalue weighted by Crippen LogP contribution is 2.23. The van der Waals surface area contributed by atoms with Crippen LogP contribution in [0.2, 0.25) is 0 Å². The molecule has 0 aliphatic heterocycles. The molecule has 0 bridgehead atoms. The first-order chi connectivity index (χ1) is 9.72. The number of nitrogens with zero attached hydrogens (tertiary/aromatic N) is 2. The number of hydrogen-bond acceptors (Lipinski definition) is 3. The van der Waals surface area contributed by atoms with Crippen LogP contribution < -0.4 is 5.32 Å². The van der Waals surface area contributed by atoms with E-state index in [1.165, 1.54) is 10.8 Å². The van der Waals surface area contributed by atoms with Crippen molar-refractivity contribution >= 4 is 16.7 Å². The first-order valence-corrected chi connectivity index (χ1v) is 6.80. The Kier molecular flexibility index (Phi) is 3.33. The average Bonchev–Trinajstić information content (AvgIpc) is 2.47. The van der Waals surface area contributed by atoms with Gasteiger partial charge in [0.15, 0.2) is 0 Å². The highest BCUT2D eigenvalue weighted by molar-refractivity contribution is 5.87. The van der Waals surface area contributed by atoms with Gasteiger partial charge in [-0.25, -0.2) is 9.97 Å². The highest BCUT2D eigenvalue weighted by Gasteiger charge is 2.02. The summed E-state index contributed by atoms with van der Waals surface area (Å²) in [6.45, 7) is 4.14. The van der Waals surface area contributed by atoms with Gasteiger partial charge in [-0.05, 0) is 36.2 Å². The number of fused-ring (bicyclic) bond motifs is 1. The van der Waals surface area contributed by atoms with Gasteiger partial charge in [-0.3, -0.25) is 0 Å². The molecule has 0 radical (unpaired) electrons. The van der Waals surface area contributed by atoms with Crippen molar-refractivity contribution in [2.75, 3.05) is 5.32 Å². The van der Waals surface area contributed by atoms with Crippen LogP contribution in [0.1, 0.15) is 13.8 Å². The van der Waals surface area contributed by atoms with E-state index < -0.39 is 0 Å². The van der Waals surface area contributed by atoms with Crippen LogP contribution in [0.25, 0.3) is 21.9 Å². The molecule has 0 atom stereocenters. The van der Waals surface area contributed by atoms with Crippen LogP contribution in [0.3, 0.4) is 0 Å². The molecule has 3 heteroatoms. The third-order valence-electron chi connectivity index (χ3n) is 3.15. The maximum atomic E-state index is 4.35. The number of anilines is 1. The Labute approximate surface area is 118 Å². The maximum absolute atomic E-state index is 4.35. The first kappa shape index (κ1) is 12.6. The molecule has 0 fully saturated rings. The number of aromatic nitrogens is 2. The minimum Gasteiger partial charge on any atom is -0.352 e. The van der Waals surface area contributed by atoms with Gasteiger partial charge >= 0.3 is 0 Å². The van der Waals surface area contributed by atoms with E-state index >= 15 is 0 Å². The molecule has 0 saturated heterocycles. The van der Waals surface area contributed by atoms with E-state index in [0.717, 1.165) is 11.1 Å². The van der Waals surface area contributed by atoms with Gasteiger partial charge in [0.2, 0.25) is 5.95 Å². The van der Waals surface area contributed by atoms with Gasteiger partial charge in [-0.1, -0.05) is 36.4 Å². The Hall–Kier alpha value is -2.42. The van der Waals surface area contributed by atoms with Crippen molar-refractivity contribution < 1.29 is 0 Å². The minimum absolute atomic E-state index is 0.335. The van der Waals surface area contributed by atoms with E-state index in [-0.39, 0.29) is 0 Å². The number of hydrogen-bond donors (Lipinski definition) is 1. The second-order valence-corrected chi connectivity index (χ2v) is 5.16. The monoisotopic (exact) mass is 263 g/mol. The first-order valence-electron chi connectivity index (χ1n) is 6.80. The molecule has 0 spiro atoms. The van der Waals surface area contributed by atoms with E-state index in [2.05, 4.69) is 71.6 Å². The van der Waals surface area contributed by atoms with E-state index in [1.54, 1.807) is 0 Å². The second kappa shape index (κ2) is 5.29. The van der Waals surface area contributed by atoms with Crippen molar-refractivity contribution in [1.29, 1.82) is 0 Å². The zero-order chi connectivity index (χ0) is 13.9. The zero-order valence-corrected chi connectivity index (χ0v) is 11.7. The highest BCUT2D eigenvalue weighted by atomic mass is 15.1. The van der Waals surface area contributed by atoms with E-state index in [1.807, 2.05) is 12.4 Å². The van der Waals surface area contributed by atoms with Gasteiger partial charge < -0.3 is 5.32 Å². The van der Waals surface area contributed by atoms with Gasteiger partial charge in [0.05, 0.1) is 0 Å². The quantitative estimate of drug-likeness (QED) is 0.772. The van der Waals surface area contributed by atoms with Gasteiger partial charge in [-0.2, -0.15) is 0 Å². The molecule has 1 N–H and O–H groups in total.